The number of hydrogen-bond acceptors (Lipinski definition) is 7. The summed E-state index contributed by atoms with van der Waals surface area (Å²) in [6.45, 7) is 0.474. The maximum Gasteiger partial charge on any atom is 0.276 e. The van der Waals surface area contributed by atoms with Gasteiger partial charge in [0.25, 0.3) is 11.8 Å². The Labute approximate surface area is 191 Å². The number of benzene rings is 2. The van der Waals surface area contributed by atoms with Crippen molar-refractivity contribution in [2.45, 2.75) is 12.8 Å². The lowest BCUT2D eigenvalue weighted by molar-refractivity contribution is 0.0752. The summed E-state index contributed by atoms with van der Waals surface area (Å²) in [5, 5.41) is 8.79. The summed E-state index contributed by atoms with van der Waals surface area (Å²) < 4.78 is 10.7. The number of para-hydroxylation sites is 1. The Bertz CT molecular complexity index is 1200. The molecule has 0 unspecified atom stereocenters. The molecule has 0 atom stereocenters. The molecule has 0 spiro atoms. The summed E-state index contributed by atoms with van der Waals surface area (Å²) in [4.78, 5) is 33.8. The van der Waals surface area contributed by atoms with Gasteiger partial charge in [0.1, 0.15) is 5.69 Å². The second-order valence-corrected chi connectivity index (χ2v) is 7.24. The fraction of sp³-hybridized carbons (Fsp3) is 0.208. The maximum absolute atomic E-state index is 13.3. The van der Waals surface area contributed by atoms with Crippen LogP contribution >= 0.6 is 0 Å². The zero-order valence-electron chi connectivity index (χ0n) is 18.3. The molecule has 33 heavy (non-hydrogen) atoms. The normalized spacial score (nSPS) is 13.2. The number of ether oxygens (including phenoxy) is 2. The van der Waals surface area contributed by atoms with Crippen LogP contribution in [0, 0.1) is 0 Å². The van der Waals surface area contributed by atoms with Crippen molar-refractivity contribution in [3.05, 3.63) is 77.9 Å². The lowest BCUT2D eigenvalue weighted by Gasteiger charge is -2.25. The van der Waals surface area contributed by atoms with Gasteiger partial charge >= 0.3 is 0 Å². The Kier molecular flexibility index (Phi) is 6.58. The van der Waals surface area contributed by atoms with Gasteiger partial charge in [-0.1, -0.05) is 12.1 Å². The SMILES string of the molecule is COc1ccc(C2=NN(C(=O)c3ccccc3NC(=O)c3cnccn3)CCC2)cc1OC. The minimum Gasteiger partial charge on any atom is -0.493 e. The fourth-order valence-electron chi connectivity index (χ4n) is 3.53. The van der Waals surface area contributed by atoms with Crippen molar-refractivity contribution in [1.29, 1.82) is 0 Å². The molecule has 0 saturated heterocycles. The Morgan fingerprint density at radius 3 is 2.61 bits per heavy atom. The monoisotopic (exact) mass is 445 g/mol. The number of aromatic nitrogens is 2. The molecule has 168 valence electrons. The van der Waals surface area contributed by atoms with Gasteiger partial charge in [-0.3, -0.25) is 14.6 Å². The topological polar surface area (TPSA) is 106 Å². The number of hydrogen-bond donors (Lipinski definition) is 1. The minimum atomic E-state index is -0.448. The highest BCUT2D eigenvalue weighted by molar-refractivity contribution is 6.09. The standard InChI is InChI=1S/C24H23N5O4/c1-32-21-10-9-16(14-22(21)33-2)18-8-5-13-29(28-18)24(31)17-6-3-4-7-19(17)27-23(30)20-15-25-11-12-26-20/h3-4,6-7,9-12,14-15H,5,8,13H2,1-2H3,(H,27,30). The molecule has 1 aliphatic heterocycles. The number of hydrazone groups is 1. The zero-order chi connectivity index (χ0) is 23.2. The van der Waals surface area contributed by atoms with E-state index in [0.717, 1.165) is 24.1 Å². The van der Waals surface area contributed by atoms with Crippen molar-refractivity contribution in [3.8, 4) is 11.5 Å². The number of nitrogens with one attached hydrogen (secondary N) is 1. The molecule has 1 aliphatic rings. The van der Waals surface area contributed by atoms with E-state index in [1.807, 2.05) is 18.2 Å². The molecule has 3 aromatic rings. The highest BCUT2D eigenvalue weighted by Crippen LogP contribution is 2.29. The average Bonchev–Trinajstić information content (AvgIpc) is 2.88. The van der Waals surface area contributed by atoms with Gasteiger partial charge in [0, 0.05) is 24.5 Å². The first-order valence-electron chi connectivity index (χ1n) is 10.4. The Morgan fingerprint density at radius 1 is 1.03 bits per heavy atom. The summed E-state index contributed by atoms with van der Waals surface area (Å²) in [6.07, 6.45) is 5.77. The van der Waals surface area contributed by atoms with Crippen LogP contribution in [-0.2, 0) is 0 Å². The molecule has 0 saturated carbocycles. The summed E-state index contributed by atoms with van der Waals surface area (Å²) in [5.74, 6) is 0.468. The summed E-state index contributed by atoms with van der Waals surface area (Å²) in [5.41, 5.74) is 2.51. The molecular formula is C24H23N5O4. The van der Waals surface area contributed by atoms with E-state index >= 15 is 0 Å². The third-order valence-corrected chi connectivity index (χ3v) is 5.18. The molecule has 4 rings (SSSR count). The second kappa shape index (κ2) is 9.90. The predicted octanol–water partition coefficient (Wildman–Crippen LogP) is 3.39. The molecule has 0 fully saturated rings. The van der Waals surface area contributed by atoms with E-state index in [1.54, 1.807) is 38.5 Å². The van der Waals surface area contributed by atoms with Crippen LogP contribution in [0.3, 0.4) is 0 Å². The molecule has 1 aromatic heterocycles. The average molecular weight is 445 g/mol. The summed E-state index contributed by atoms with van der Waals surface area (Å²) in [7, 11) is 3.16. The smallest absolute Gasteiger partial charge is 0.276 e. The van der Waals surface area contributed by atoms with Gasteiger partial charge in [0.05, 0.1) is 37.4 Å². The van der Waals surface area contributed by atoms with Gasteiger partial charge in [-0.2, -0.15) is 5.10 Å². The second-order valence-electron chi connectivity index (χ2n) is 7.24. The predicted molar refractivity (Wildman–Crippen MR) is 123 cm³/mol. The highest BCUT2D eigenvalue weighted by Gasteiger charge is 2.24. The van der Waals surface area contributed by atoms with Crippen molar-refractivity contribution in [3.63, 3.8) is 0 Å². The van der Waals surface area contributed by atoms with Gasteiger partial charge in [-0.15, -0.1) is 0 Å². The molecular weight excluding hydrogens is 422 g/mol. The summed E-state index contributed by atoms with van der Waals surface area (Å²) in [6, 6.07) is 12.4. The van der Waals surface area contributed by atoms with Crippen LogP contribution in [0.2, 0.25) is 0 Å². The molecule has 1 N–H and O–H groups in total. The van der Waals surface area contributed by atoms with Crippen LogP contribution in [0.15, 0.2) is 66.2 Å². The molecule has 0 aliphatic carbocycles. The number of amides is 2. The number of carbonyl (C=O) groups is 2. The lowest BCUT2D eigenvalue weighted by atomic mass is 10.0. The lowest BCUT2D eigenvalue weighted by Crippen LogP contribution is -2.33. The first-order valence-corrected chi connectivity index (χ1v) is 10.4. The van der Waals surface area contributed by atoms with Crippen molar-refractivity contribution < 1.29 is 19.1 Å². The van der Waals surface area contributed by atoms with E-state index in [4.69, 9.17) is 9.47 Å². The Hall–Kier alpha value is -4.27. The highest BCUT2D eigenvalue weighted by atomic mass is 16.5. The van der Waals surface area contributed by atoms with Gasteiger partial charge in [0.2, 0.25) is 0 Å². The van der Waals surface area contributed by atoms with E-state index in [-0.39, 0.29) is 11.6 Å². The van der Waals surface area contributed by atoms with Crippen LogP contribution in [0.4, 0.5) is 5.69 Å². The molecule has 9 nitrogen and oxygen atoms in total. The molecule has 2 aromatic carbocycles. The number of anilines is 1. The van der Waals surface area contributed by atoms with Crippen molar-refractivity contribution in [1.82, 2.24) is 15.0 Å². The van der Waals surface area contributed by atoms with Crippen molar-refractivity contribution in [2.75, 3.05) is 26.1 Å². The van der Waals surface area contributed by atoms with Crippen LogP contribution in [0.5, 0.6) is 11.5 Å². The largest absolute Gasteiger partial charge is 0.493 e. The molecule has 2 heterocycles. The zero-order valence-corrected chi connectivity index (χ0v) is 18.3. The molecule has 9 heteroatoms. The van der Waals surface area contributed by atoms with Gasteiger partial charge in [-0.05, 0) is 43.2 Å². The molecule has 0 radical (unpaired) electrons. The van der Waals surface area contributed by atoms with Crippen LogP contribution in [0.25, 0.3) is 0 Å². The third kappa shape index (κ3) is 4.82. The first-order chi connectivity index (χ1) is 16.1. The number of nitrogens with zero attached hydrogens (tertiary/aromatic N) is 4. The van der Waals surface area contributed by atoms with Gasteiger partial charge in [-0.25, -0.2) is 9.99 Å². The van der Waals surface area contributed by atoms with E-state index in [0.29, 0.717) is 29.3 Å². The maximum atomic E-state index is 13.3. The summed E-state index contributed by atoms with van der Waals surface area (Å²) >= 11 is 0. The van der Waals surface area contributed by atoms with E-state index < -0.39 is 5.91 Å². The Balaban J connectivity index is 1.59. The van der Waals surface area contributed by atoms with E-state index in [1.165, 1.54) is 23.6 Å². The number of methoxy groups -OCH3 is 2. The Morgan fingerprint density at radius 2 is 1.85 bits per heavy atom. The van der Waals surface area contributed by atoms with Gasteiger partial charge < -0.3 is 14.8 Å². The minimum absolute atomic E-state index is 0.159. The fourth-order valence-corrected chi connectivity index (χ4v) is 3.53. The van der Waals surface area contributed by atoms with E-state index in [9.17, 15) is 9.59 Å². The van der Waals surface area contributed by atoms with E-state index in [2.05, 4.69) is 20.4 Å². The van der Waals surface area contributed by atoms with Crippen LogP contribution in [-0.4, -0.2) is 53.3 Å². The third-order valence-electron chi connectivity index (χ3n) is 5.18. The number of rotatable bonds is 6. The van der Waals surface area contributed by atoms with Crippen molar-refractivity contribution >= 4 is 23.2 Å². The molecule has 0 bridgehead atoms. The quantitative estimate of drug-likeness (QED) is 0.623. The molecule has 2 amide bonds. The van der Waals surface area contributed by atoms with Crippen LogP contribution in [0.1, 0.15) is 39.3 Å². The van der Waals surface area contributed by atoms with Gasteiger partial charge in [0.15, 0.2) is 11.5 Å². The van der Waals surface area contributed by atoms with Crippen LogP contribution < -0.4 is 14.8 Å². The van der Waals surface area contributed by atoms with Crippen molar-refractivity contribution in [2.24, 2.45) is 5.10 Å². The first kappa shape index (κ1) is 21.9. The number of carbonyl (C=O) groups excluding carboxylic acids is 2.